The van der Waals surface area contributed by atoms with Crippen LogP contribution in [0.2, 0.25) is 5.02 Å². The smallest absolute Gasteiger partial charge is 0.125 e. The van der Waals surface area contributed by atoms with Gasteiger partial charge in [0.1, 0.15) is 5.75 Å². The van der Waals surface area contributed by atoms with Crippen molar-refractivity contribution in [3.05, 3.63) is 28.8 Å². The van der Waals surface area contributed by atoms with Crippen molar-refractivity contribution in [2.24, 2.45) is 11.7 Å². The van der Waals surface area contributed by atoms with E-state index in [9.17, 15) is 0 Å². The number of rotatable bonds is 5. The second-order valence-electron chi connectivity index (χ2n) is 5.17. The molecule has 106 valence electrons. The van der Waals surface area contributed by atoms with E-state index in [1.54, 1.807) is 7.11 Å². The topological polar surface area (TPSA) is 38.5 Å². The van der Waals surface area contributed by atoms with Gasteiger partial charge in [0, 0.05) is 23.7 Å². The first-order chi connectivity index (χ1) is 9.21. The maximum atomic E-state index is 6.37. The van der Waals surface area contributed by atoms with Crippen LogP contribution in [0, 0.1) is 5.92 Å². The zero-order valence-electron chi connectivity index (χ0n) is 11.7. The molecule has 0 amide bonds. The lowest BCUT2D eigenvalue weighted by molar-refractivity contribution is 0.235. The largest absolute Gasteiger partial charge is 0.496 e. The summed E-state index contributed by atoms with van der Waals surface area (Å²) < 4.78 is 5.46. The molecule has 0 radical (unpaired) electrons. The van der Waals surface area contributed by atoms with Crippen LogP contribution in [0.3, 0.4) is 0 Å². The summed E-state index contributed by atoms with van der Waals surface area (Å²) in [4.78, 5) is 2.44. The summed E-state index contributed by atoms with van der Waals surface area (Å²) in [5.74, 6) is 1.62. The molecule has 2 rings (SSSR count). The molecule has 1 aliphatic heterocycles. The van der Waals surface area contributed by atoms with E-state index < -0.39 is 0 Å². The highest BCUT2D eigenvalue weighted by Crippen LogP contribution is 2.37. The number of hydrogen-bond donors (Lipinski definition) is 1. The van der Waals surface area contributed by atoms with Crippen molar-refractivity contribution in [3.8, 4) is 5.75 Å². The molecule has 0 bridgehead atoms. The van der Waals surface area contributed by atoms with Crippen molar-refractivity contribution >= 4 is 11.6 Å². The first-order valence-corrected chi connectivity index (χ1v) is 7.35. The fraction of sp³-hybridized carbons (Fsp3) is 0.600. The van der Waals surface area contributed by atoms with Crippen molar-refractivity contribution < 1.29 is 4.74 Å². The number of nitrogens with two attached hydrogens (primary N) is 1. The van der Waals surface area contributed by atoms with E-state index in [-0.39, 0.29) is 6.04 Å². The Hall–Kier alpha value is -0.770. The lowest BCUT2D eigenvalue weighted by atomic mass is 10.0. The molecule has 2 unspecified atom stereocenters. The monoisotopic (exact) mass is 282 g/mol. The van der Waals surface area contributed by atoms with Gasteiger partial charge in [0.15, 0.2) is 0 Å². The Balaban J connectivity index is 2.27. The van der Waals surface area contributed by atoms with Crippen molar-refractivity contribution in [2.45, 2.75) is 25.8 Å². The third-order valence-electron chi connectivity index (χ3n) is 4.12. The second kappa shape index (κ2) is 6.60. The van der Waals surface area contributed by atoms with E-state index in [0.29, 0.717) is 6.54 Å². The zero-order chi connectivity index (χ0) is 13.8. The van der Waals surface area contributed by atoms with E-state index in [4.69, 9.17) is 22.1 Å². The van der Waals surface area contributed by atoms with Crippen LogP contribution < -0.4 is 10.5 Å². The maximum Gasteiger partial charge on any atom is 0.125 e. The quantitative estimate of drug-likeness (QED) is 0.902. The standard InChI is InChI=1S/C15H23ClN2O/c1-3-11-7-8-18(10-11)13(9-17)15-12(16)5-4-6-14(15)19-2/h4-6,11,13H,3,7-10,17H2,1-2H3. The minimum Gasteiger partial charge on any atom is -0.496 e. The molecule has 0 aliphatic carbocycles. The molecular formula is C15H23ClN2O. The number of ether oxygens (including phenoxy) is 1. The highest BCUT2D eigenvalue weighted by atomic mass is 35.5. The van der Waals surface area contributed by atoms with Crippen molar-refractivity contribution in [1.82, 2.24) is 4.90 Å². The SMILES string of the molecule is CCC1CCN(C(CN)c2c(Cl)cccc2OC)C1. The van der Waals surface area contributed by atoms with Gasteiger partial charge in [0.25, 0.3) is 0 Å². The fourth-order valence-electron chi connectivity index (χ4n) is 2.95. The number of benzene rings is 1. The maximum absolute atomic E-state index is 6.37. The Kier molecular flexibility index (Phi) is 5.08. The first-order valence-electron chi connectivity index (χ1n) is 6.97. The highest BCUT2D eigenvalue weighted by molar-refractivity contribution is 6.31. The van der Waals surface area contributed by atoms with Crippen LogP contribution in [-0.2, 0) is 0 Å². The highest BCUT2D eigenvalue weighted by Gasteiger charge is 2.30. The van der Waals surface area contributed by atoms with E-state index in [2.05, 4.69) is 11.8 Å². The molecule has 1 fully saturated rings. The molecule has 2 atom stereocenters. The molecule has 1 aromatic rings. The number of methoxy groups -OCH3 is 1. The van der Waals surface area contributed by atoms with Gasteiger partial charge in [-0.25, -0.2) is 0 Å². The summed E-state index contributed by atoms with van der Waals surface area (Å²) in [7, 11) is 1.68. The van der Waals surface area contributed by atoms with Gasteiger partial charge in [-0.15, -0.1) is 0 Å². The molecule has 0 aromatic heterocycles. The van der Waals surface area contributed by atoms with Gasteiger partial charge < -0.3 is 10.5 Å². The van der Waals surface area contributed by atoms with Crippen LogP contribution in [0.1, 0.15) is 31.4 Å². The Morgan fingerprint density at radius 3 is 2.89 bits per heavy atom. The first kappa shape index (κ1) is 14.6. The number of likely N-dealkylation sites (tertiary alicyclic amines) is 1. The number of halogens is 1. The minimum atomic E-state index is 0.153. The minimum absolute atomic E-state index is 0.153. The van der Waals surface area contributed by atoms with Crippen LogP contribution in [0.15, 0.2) is 18.2 Å². The average Bonchev–Trinajstić information content (AvgIpc) is 2.90. The zero-order valence-corrected chi connectivity index (χ0v) is 12.5. The fourth-order valence-corrected chi connectivity index (χ4v) is 3.24. The Morgan fingerprint density at radius 1 is 1.53 bits per heavy atom. The van der Waals surface area contributed by atoms with Crippen LogP contribution in [0.25, 0.3) is 0 Å². The lowest BCUT2D eigenvalue weighted by Gasteiger charge is -2.29. The summed E-state index contributed by atoms with van der Waals surface area (Å²) in [5.41, 5.74) is 7.04. The predicted octanol–water partition coefficient (Wildman–Crippen LogP) is 3.08. The summed E-state index contributed by atoms with van der Waals surface area (Å²) in [6.07, 6.45) is 2.48. The summed E-state index contributed by atoms with van der Waals surface area (Å²) >= 11 is 6.37. The predicted molar refractivity (Wildman–Crippen MR) is 79.8 cm³/mol. The molecule has 2 N–H and O–H groups in total. The molecule has 4 heteroatoms. The average molecular weight is 283 g/mol. The number of nitrogens with zero attached hydrogens (tertiary/aromatic N) is 1. The second-order valence-corrected chi connectivity index (χ2v) is 5.57. The normalized spacial score (nSPS) is 21.6. The van der Waals surface area contributed by atoms with Crippen molar-refractivity contribution in [3.63, 3.8) is 0 Å². The van der Waals surface area contributed by atoms with Crippen LogP contribution in [-0.4, -0.2) is 31.6 Å². The Bertz CT molecular complexity index is 425. The van der Waals surface area contributed by atoms with Crippen molar-refractivity contribution in [2.75, 3.05) is 26.7 Å². The van der Waals surface area contributed by atoms with E-state index in [1.165, 1.54) is 12.8 Å². The number of hydrogen-bond acceptors (Lipinski definition) is 3. The van der Waals surface area contributed by atoms with Gasteiger partial charge in [-0.3, -0.25) is 4.90 Å². The molecule has 19 heavy (non-hydrogen) atoms. The van der Waals surface area contributed by atoms with Crippen LogP contribution in [0.4, 0.5) is 0 Å². The summed E-state index contributed by atoms with van der Waals surface area (Å²) in [5, 5.41) is 0.745. The molecular weight excluding hydrogens is 260 g/mol. The van der Waals surface area contributed by atoms with Gasteiger partial charge in [-0.1, -0.05) is 31.0 Å². The summed E-state index contributed by atoms with van der Waals surface area (Å²) in [6, 6.07) is 5.93. The third kappa shape index (κ3) is 3.04. The Morgan fingerprint density at radius 2 is 2.32 bits per heavy atom. The molecule has 1 heterocycles. The lowest BCUT2D eigenvalue weighted by Crippen LogP contribution is -2.32. The van der Waals surface area contributed by atoms with E-state index >= 15 is 0 Å². The molecule has 0 saturated carbocycles. The van der Waals surface area contributed by atoms with Gasteiger partial charge in [0.2, 0.25) is 0 Å². The molecule has 0 spiro atoms. The van der Waals surface area contributed by atoms with Gasteiger partial charge in [-0.05, 0) is 31.0 Å². The molecule has 3 nitrogen and oxygen atoms in total. The van der Waals surface area contributed by atoms with E-state index in [1.807, 2.05) is 18.2 Å². The van der Waals surface area contributed by atoms with Gasteiger partial charge in [-0.2, -0.15) is 0 Å². The van der Waals surface area contributed by atoms with Crippen molar-refractivity contribution in [1.29, 1.82) is 0 Å². The summed E-state index contributed by atoms with van der Waals surface area (Å²) in [6.45, 7) is 5.01. The molecule has 1 aliphatic rings. The van der Waals surface area contributed by atoms with Gasteiger partial charge in [0.05, 0.1) is 13.2 Å². The van der Waals surface area contributed by atoms with Gasteiger partial charge >= 0.3 is 0 Å². The molecule has 1 aromatic carbocycles. The van der Waals surface area contributed by atoms with Crippen LogP contribution >= 0.6 is 11.6 Å². The van der Waals surface area contributed by atoms with E-state index in [0.717, 1.165) is 35.3 Å². The Labute approximate surface area is 120 Å². The third-order valence-corrected chi connectivity index (χ3v) is 4.45. The molecule has 1 saturated heterocycles. The van der Waals surface area contributed by atoms with Crippen LogP contribution in [0.5, 0.6) is 5.75 Å².